The Kier molecular flexibility index (Phi) is 8.42. The van der Waals surface area contributed by atoms with Crippen LogP contribution in [0.5, 0.6) is 0 Å². The topological polar surface area (TPSA) is 192 Å². The number of carbonyl (C=O) groups excluding carboxylic acids is 3. The molecule has 5 N–H and O–H groups in total. The number of aliphatic hydroxyl groups is 3. The molecule has 1 amide bonds. The Morgan fingerprint density at radius 3 is 2.50 bits per heavy atom. The number of likely N-dealkylation sites (tertiary alicyclic amines) is 1. The van der Waals surface area contributed by atoms with E-state index >= 15 is 0 Å². The van der Waals surface area contributed by atoms with Crippen LogP contribution in [0.25, 0.3) is 0 Å². The fraction of sp³-hybridized carbons (Fsp3) is 0.655. The molecule has 13 nitrogen and oxygen atoms in total. The minimum atomic E-state index is -1.99. The monoisotopic (exact) mass is 597 g/mol. The highest BCUT2D eigenvalue weighted by Crippen LogP contribution is 2.42. The van der Waals surface area contributed by atoms with Gasteiger partial charge in [-0.25, -0.2) is 9.59 Å². The Balaban J connectivity index is 1.52. The lowest BCUT2D eigenvalue weighted by molar-refractivity contribution is -0.287. The number of carbonyl (C=O) groups is 4. The number of esters is 2. The van der Waals surface area contributed by atoms with E-state index in [-0.39, 0.29) is 43.4 Å². The fourth-order valence-electron chi connectivity index (χ4n) is 5.96. The lowest BCUT2D eigenvalue weighted by Gasteiger charge is -2.39. The second kappa shape index (κ2) is 13.9. The third-order valence-electron chi connectivity index (χ3n) is 8.04. The van der Waals surface area contributed by atoms with Crippen LogP contribution in [0.2, 0.25) is 0 Å². The minimum absolute atomic E-state index is 0.00267. The SMILES string of the molecule is [2H]c1c([2H])c([2H])c(CC[C@@H](N[C@H](C)C(=O)N2[C@@H](C(=O)OC3OC(C(=O)O)C(O)C(O)C3O)C[C@H]3CCC[C@H]32)C(=O)OCC)c([2H])c1[2H]. The van der Waals surface area contributed by atoms with Crippen molar-refractivity contribution in [2.24, 2.45) is 5.92 Å². The van der Waals surface area contributed by atoms with E-state index in [1.807, 2.05) is 0 Å². The van der Waals surface area contributed by atoms with E-state index < -0.39 is 103 Å². The van der Waals surface area contributed by atoms with Crippen LogP contribution in [-0.4, -0.2) is 111 Å². The summed E-state index contributed by atoms with van der Waals surface area (Å²) in [5, 5.41) is 42.6. The van der Waals surface area contributed by atoms with Crippen LogP contribution < -0.4 is 5.32 Å². The van der Waals surface area contributed by atoms with Gasteiger partial charge in [0, 0.05) is 6.04 Å². The minimum Gasteiger partial charge on any atom is -0.479 e. The maximum absolute atomic E-state index is 14.0. The van der Waals surface area contributed by atoms with Crippen LogP contribution in [0.15, 0.2) is 30.2 Å². The van der Waals surface area contributed by atoms with Gasteiger partial charge in [0.05, 0.1) is 19.5 Å². The lowest BCUT2D eigenvalue weighted by Crippen LogP contribution is -2.61. The first kappa shape index (κ1) is 25.4. The van der Waals surface area contributed by atoms with E-state index in [1.54, 1.807) is 6.92 Å². The molecule has 13 heteroatoms. The van der Waals surface area contributed by atoms with Crippen molar-refractivity contribution >= 4 is 23.8 Å². The number of aliphatic carboxylic acids is 1. The summed E-state index contributed by atoms with van der Waals surface area (Å²) in [6.45, 7) is 3.08. The summed E-state index contributed by atoms with van der Waals surface area (Å²) in [5.74, 6) is -4.03. The highest BCUT2D eigenvalue weighted by atomic mass is 16.7. The molecule has 5 unspecified atom stereocenters. The van der Waals surface area contributed by atoms with Gasteiger partial charge in [-0.2, -0.15) is 0 Å². The van der Waals surface area contributed by atoms with Crippen molar-refractivity contribution in [1.82, 2.24) is 10.2 Å². The van der Waals surface area contributed by atoms with Gasteiger partial charge in [-0.1, -0.05) is 36.6 Å². The van der Waals surface area contributed by atoms with Crippen molar-refractivity contribution in [2.75, 3.05) is 6.61 Å². The molecular formula is C29H40N2O11. The van der Waals surface area contributed by atoms with Gasteiger partial charge in [0.1, 0.15) is 30.4 Å². The average molecular weight is 598 g/mol. The second-order valence-corrected chi connectivity index (χ2v) is 10.8. The van der Waals surface area contributed by atoms with Crippen molar-refractivity contribution in [3.05, 3.63) is 35.8 Å². The Bertz CT molecular complexity index is 1360. The quantitative estimate of drug-likeness (QED) is 0.210. The predicted octanol–water partition coefficient (Wildman–Crippen LogP) is -0.266. The van der Waals surface area contributed by atoms with Crippen LogP contribution >= 0.6 is 0 Å². The van der Waals surface area contributed by atoms with Crippen LogP contribution in [0, 0.1) is 5.92 Å². The molecule has 42 heavy (non-hydrogen) atoms. The molecule has 0 aromatic heterocycles. The number of nitrogens with one attached hydrogen (secondary N) is 1. The van der Waals surface area contributed by atoms with Crippen molar-refractivity contribution in [3.63, 3.8) is 0 Å². The van der Waals surface area contributed by atoms with Gasteiger partial charge in [-0.15, -0.1) is 0 Å². The maximum Gasteiger partial charge on any atom is 0.335 e. The zero-order valence-electron chi connectivity index (χ0n) is 28.3. The van der Waals surface area contributed by atoms with Gasteiger partial charge in [0.15, 0.2) is 6.10 Å². The van der Waals surface area contributed by atoms with Gasteiger partial charge in [0.25, 0.3) is 0 Å². The largest absolute Gasteiger partial charge is 0.479 e. The van der Waals surface area contributed by atoms with Gasteiger partial charge in [-0.05, 0) is 57.4 Å². The number of hydrogen-bond acceptors (Lipinski definition) is 11. The third-order valence-corrected chi connectivity index (χ3v) is 8.04. The Labute approximate surface area is 250 Å². The summed E-state index contributed by atoms with van der Waals surface area (Å²) in [6, 6.07) is -6.13. The molecular weight excluding hydrogens is 552 g/mol. The molecule has 3 aliphatic rings. The first-order valence-electron chi connectivity index (χ1n) is 16.5. The van der Waals surface area contributed by atoms with E-state index in [1.165, 1.54) is 11.8 Å². The fourth-order valence-corrected chi connectivity index (χ4v) is 5.96. The molecule has 0 spiro atoms. The summed E-state index contributed by atoms with van der Waals surface area (Å²) in [6.07, 6.45) is -7.77. The van der Waals surface area contributed by atoms with Gasteiger partial charge in [-0.3, -0.25) is 14.9 Å². The number of amides is 1. The number of fused-ring (bicyclic) bond motifs is 1. The van der Waals surface area contributed by atoms with E-state index in [9.17, 15) is 39.6 Å². The van der Waals surface area contributed by atoms with Crippen molar-refractivity contribution in [3.8, 4) is 0 Å². The van der Waals surface area contributed by atoms with Gasteiger partial charge < -0.3 is 39.5 Å². The Morgan fingerprint density at radius 1 is 1.12 bits per heavy atom. The van der Waals surface area contributed by atoms with Crippen LogP contribution in [0.3, 0.4) is 0 Å². The molecule has 4 rings (SSSR count). The van der Waals surface area contributed by atoms with E-state index in [0.717, 1.165) is 12.8 Å². The van der Waals surface area contributed by atoms with Crippen LogP contribution in [0.4, 0.5) is 0 Å². The third kappa shape index (κ3) is 6.92. The Morgan fingerprint density at radius 2 is 1.83 bits per heavy atom. The van der Waals surface area contributed by atoms with Crippen molar-refractivity contribution in [1.29, 1.82) is 0 Å². The molecule has 10 atom stereocenters. The number of carboxylic acids is 1. The molecule has 1 aliphatic carbocycles. The molecule has 1 aromatic rings. The van der Waals surface area contributed by atoms with E-state index in [2.05, 4.69) is 5.32 Å². The number of nitrogens with zero attached hydrogens (tertiary/aromatic N) is 1. The zero-order chi connectivity index (χ0) is 34.9. The molecule has 2 aliphatic heterocycles. The number of aliphatic hydroxyl groups excluding tert-OH is 3. The summed E-state index contributed by atoms with van der Waals surface area (Å²) in [7, 11) is 0. The number of hydrogen-bond donors (Lipinski definition) is 5. The number of carboxylic acid groups (broad SMARTS) is 1. The highest BCUT2D eigenvalue weighted by molar-refractivity contribution is 5.89. The van der Waals surface area contributed by atoms with E-state index in [4.69, 9.17) is 21.1 Å². The summed E-state index contributed by atoms with van der Waals surface area (Å²) in [4.78, 5) is 53.2. The van der Waals surface area contributed by atoms with Crippen molar-refractivity contribution in [2.45, 2.75) is 107 Å². The summed E-state index contributed by atoms with van der Waals surface area (Å²) >= 11 is 0. The molecule has 1 saturated carbocycles. The molecule has 2 heterocycles. The first-order chi connectivity index (χ1) is 22.1. The van der Waals surface area contributed by atoms with Gasteiger partial charge in [0.2, 0.25) is 12.2 Å². The number of benzene rings is 1. The second-order valence-electron chi connectivity index (χ2n) is 10.8. The average Bonchev–Trinajstić information content (AvgIpc) is 3.64. The highest BCUT2D eigenvalue weighted by Gasteiger charge is 2.53. The van der Waals surface area contributed by atoms with Gasteiger partial charge >= 0.3 is 17.9 Å². The number of ether oxygens (including phenoxy) is 3. The number of rotatable bonds is 11. The van der Waals surface area contributed by atoms with E-state index in [0.29, 0.717) is 6.42 Å². The zero-order valence-corrected chi connectivity index (χ0v) is 23.3. The lowest BCUT2D eigenvalue weighted by atomic mass is 9.99. The Hall–Kier alpha value is -3.10. The standard InChI is InChI=1S/C29H40N2O11/c1-3-40-27(38)18(13-12-16-8-5-4-6-9-16)30-15(2)25(35)31-19-11-7-10-17(19)14-20(31)28(39)42-29-23(34)21(32)22(33)24(41-29)26(36)37/h4-6,8-9,15,17-24,29-30,32-34H,3,7,10-14H2,1-2H3,(H,36,37)/t15-,17-,18-,19-,20-,21?,22?,23?,24?,29?/m1/s1/i4D,5D,6D,8D,9D. The smallest absolute Gasteiger partial charge is 0.335 e. The molecule has 2 saturated heterocycles. The van der Waals surface area contributed by atoms with Crippen LogP contribution in [0.1, 0.15) is 58.4 Å². The predicted molar refractivity (Wildman–Crippen MR) is 145 cm³/mol. The molecule has 0 radical (unpaired) electrons. The molecule has 232 valence electrons. The maximum atomic E-state index is 14.0. The molecule has 1 aromatic carbocycles. The summed E-state index contributed by atoms with van der Waals surface area (Å²) < 4.78 is 55.5. The van der Waals surface area contributed by atoms with Crippen molar-refractivity contribution < 1.29 is 60.7 Å². The molecule has 0 bridgehead atoms. The first-order valence-corrected chi connectivity index (χ1v) is 14.0. The molecule has 3 fully saturated rings. The van der Waals surface area contributed by atoms with Crippen LogP contribution in [-0.2, 0) is 39.8 Å². The summed E-state index contributed by atoms with van der Waals surface area (Å²) in [5.41, 5.74) is -0.00267. The normalized spacial score (nSPS) is 33.7.